The Bertz CT molecular complexity index is 1070. The van der Waals surface area contributed by atoms with E-state index < -0.39 is 0 Å². The fourth-order valence-electron chi connectivity index (χ4n) is 3.39. The van der Waals surface area contributed by atoms with Crippen LogP contribution in [0.3, 0.4) is 0 Å². The molecule has 6 heteroatoms. The number of amidine groups is 1. The number of aliphatic imine (C=N–C) groups is 1. The highest BCUT2D eigenvalue weighted by Gasteiger charge is 2.23. The number of hydrogen-bond donors (Lipinski definition) is 0. The first-order valence-corrected chi connectivity index (χ1v) is 11.8. The van der Waals surface area contributed by atoms with Crippen LogP contribution >= 0.6 is 11.8 Å². The minimum absolute atomic E-state index is 0.0106. The van der Waals surface area contributed by atoms with E-state index in [2.05, 4.69) is 0 Å². The fraction of sp³-hybridized carbons (Fsp3) is 0.231. The average molecular weight is 447 g/mol. The third-order valence-corrected chi connectivity index (χ3v) is 6.02. The number of rotatable bonds is 8. The standard InChI is InChI=1S/C26H26N2O3S/c1-2-30-25-12-7-6-11-23(25)28(26-27-17-8-18-32-26)19-24(29)20-13-15-22(16-14-20)31-21-9-4-3-5-10-21/h3-7,9-16H,2,8,17-19H2,1H3. The van der Waals surface area contributed by atoms with Crippen molar-refractivity contribution in [3.05, 3.63) is 84.4 Å². The summed E-state index contributed by atoms with van der Waals surface area (Å²) in [5.74, 6) is 3.21. The van der Waals surface area contributed by atoms with Crippen molar-refractivity contribution < 1.29 is 14.3 Å². The van der Waals surface area contributed by atoms with Gasteiger partial charge in [0.1, 0.15) is 17.2 Å². The maximum Gasteiger partial charge on any atom is 0.182 e. The number of Topliss-reactive ketones (excluding diaryl/α,β-unsaturated/α-hetero) is 1. The van der Waals surface area contributed by atoms with Crippen molar-refractivity contribution >= 4 is 28.4 Å². The lowest BCUT2D eigenvalue weighted by Crippen LogP contribution is -2.36. The highest BCUT2D eigenvalue weighted by Crippen LogP contribution is 2.32. The van der Waals surface area contributed by atoms with Crippen LogP contribution in [0.25, 0.3) is 0 Å². The molecule has 0 radical (unpaired) electrons. The van der Waals surface area contributed by atoms with Crippen molar-refractivity contribution in [3.8, 4) is 17.2 Å². The van der Waals surface area contributed by atoms with E-state index in [0.717, 1.165) is 41.1 Å². The van der Waals surface area contributed by atoms with Crippen LogP contribution in [0.4, 0.5) is 5.69 Å². The van der Waals surface area contributed by atoms with Gasteiger partial charge in [0, 0.05) is 17.9 Å². The van der Waals surface area contributed by atoms with Crippen LogP contribution in [0.1, 0.15) is 23.7 Å². The molecule has 3 aromatic rings. The number of thioether (sulfide) groups is 1. The highest BCUT2D eigenvalue weighted by atomic mass is 32.2. The molecule has 164 valence electrons. The summed E-state index contributed by atoms with van der Waals surface area (Å²) in [7, 11) is 0. The minimum Gasteiger partial charge on any atom is -0.492 e. The van der Waals surface area contributed by atoms with Crippen LogP contribution in [0.2, 0.25) is 0 Å². The van der Waals surface area contributed by atoms with Crippen LogP contribution in [0.15, 0.2) is 83.9 Å². The third-order valence-electron chi connectivity index (χ3n) is 4.92. The zero-order valence-electron chi connectivity index (χ0n) is 18.1. The van der Waals surface area contributed by atoms with E-state index in [-0.39, 0.29) is 12.3 Å². The molecule has 0 aromatic heterocycles. The lowest BCUT2D eigenvalue weighted by Gasteiger charge is -2.28. The van der Waals surface area contributed by atoms with Crippen LogP contribution in [0, 0.1) is 0 Å². The van der Waals surface area contributed by atoms with Gasteiger partial charge in [-0.15, -0.1) is 0 Å². The normalized spacial score (nSPS) is 13.2. The summed E-state index contributed by atoms with van der Waals surface area (Å²) in [5.41, 5.74) is 1.49. The monoisotopic (exact) mass is 446 g/mol. The van der Waals surface area contributed by atoms with Gasteiger partial charge in [0.15, 0.2) is 11.0 Å². The summed E-state index contributed by atoms with van der Waals surface area (Å²) >= 11 is 1.68. The summed E-state index contributed by atoms with van der Waals surface area (Å²) in [4.78, 5) is 19.9. The van der Waals surface area contributed by atoms with Gasteiger partial charge in [0.25, 0.3) is 0 Å². The summed E-state index contributed by atoms with van der Waals surface area (Å²) in [5, 5.41) is 0.862. The van der Waals surface area contributed by atoms with Crippen LogP contribution < -0.4 is 14.4 Å². The van der Waals surface area contributed by atoms with Crippen molar-refractivity contribution in [2.45, 2.75) is 13.3 Å². The van der Waals surface area contributed by atoms with Gasteiger partial charge in [-0.1, -0.05) is 42.1 Å². The molecule has 1 aliphatic rings. The molecule has 1 heterocycles. The maximum absolute atomic E-state index is 13.2. The number of anilines is 1. The van der Waals surface area contributed by atoms with E-state index in [1.54, 1.807) is 11.8 Å². The molecule has 0 saturated carbocycles. The van der Waals surface area contributed by atoms with E-state index >= 15 is 0 Å². The number of nitrogens with zero attached hydrogens (tertiary/aromatic N) is 2. The van der Waals surface area contributed by atoms with E-state index in [1.165, 1.54) is 0 Å². The van der Waals surface area contributed by atoms with Crippen molar-refractivity contribution in [3.63, 3.8) is 0 Å². The fourth-order valence-corrected chi connectivity index (χ4v) is 4.35. The van der Waals surface area contributed by atoms with Gasteiger partial charge in [0.05, 0.1) is 18.8 Å². The largest absolute Gasteiger partial charge is 0.492 e. The third kappa shape index (κ3) is 5.51. The number of carbonyl (C=O) groups is 1. The second-order valence-corrected chi connectivity index (χ2v) is 8.28. The van der Waals surface area contributed by atoms with Crippen molar-refractivity contribution in [2.24, 2.45) is 4.99 Å². The van der Waals surface area contributed by atoms with Gasteiger partial charge in [-0.3, -0.25) is 9.79 Å². The molecule has 3 aromatic carbocycles. The summed E-state index contributed by atoms with van der Waals surface area (Å²) in [6.45, 7) is 3.48. The lowest BCUT2D eigenvalue weighted by molar-refractivity contribution is 0.100. The van der Waals surface area contributed by atoms with Crippen LogP contribution in [0.5, 0.6) is 17.2 Å². The Morgan fingerprint density at radius 3 is 2.41 bits per heavy atom. The molecule has 0 saturated heterocycles. The van der Waals surface area contributed by atoms with Gasteiger partial charge < -0.3 is 14.4 Å². The van der Waals surface area contributed by atoms with E-state index in [9.17, 15) is 4.79 Å². The zero-order valence-corrected chi connectivity index (χ0v) is 18.9. The number of benzene rings is 3. The lowest BCUT2D eigenvalue weighted by atomic mass is 10.1. The van der Waals surface area contributed by atoms with Gasteiger partial charge in [-0.25, -0.2) is 0 Å². The molecule has 0 aliphatic carbocycles. The SMILES string of the molecule is CCOc1ccccc1N(CC(=O)c1ccc(Oc2ccccc2)cc1)C1=NCCCS1. The summed E-state index contributed by atoms with van der Waals surface area (Å²) in [6.07, 6.45) is 1.05. The van der Waals surface area contributed by atoms with Gasteiger partial charge in [-0.05, 0) is 61.9 Å². The number of carbonyl (C=O) groups excluding carboxylic acids is 1. The topological polar surface area (TPSA) is 51.1 Å². The molecule has 0 unspecified atom stereocenters. The highest BCUT2D eigenvalue weighted by molar-refractivity contribution is 8.14. The van der Waals surface area contributed by atoms with Crippen molar-refractivity contribution in [1.29, 1.82) is 0 Å². The second kappa shape index (κ2) is 10.9. The number of para-hydroxylation sites is 3. The number of ether oxygens (including phenoxy) is 2. The van der Waals surface area contributed by atoms with Crippen molar-refractivity contribution in [1.82, 2.24) is 0 Å². The molecule has 32 heavy (non-hydrogen) atoms. The molecular weight excluding hydrogens is 420 g/mol. The van der Waals surface area contributed by atoms with E-state index in [0.29, 0.717) is 17.9 Å². The maximum atomic E-state index is 13.2. The van der Waals surface area contributed by atoms with Crippen molar-refractivity contribution in [2.75, 3.05) is 30.3 Å². The molecule has 0 fully saturated rings. The zero-order chi connectivity index (χ0) is 22.2. The Kier molecular flexibility index (Phi) is 7.46. The summed E-state index contributed by atoms with van der Waals surface area (Å²) < 4.78 is 11.7. The Morgan fingerprint density at radius 2 is 1.69 bits per heavy atom. The predicted octanol–water partition coefficient (Wildman–Crippen LogP) is 6.06. The molecule has 0 amide bonds. The molecule has 1 aliphatic heterocycles. The van der Waals surface area contributed by atoms with Gasteiger partial charge in [-0.2, -0.15) is 0 Å². The molecule has 5 nitrogen and oxygen atoms in total. The first kappa shape index (κ1) is 22.0. The Labute approximate surface area is 193 Å². The first-order chi connectivity index (χ1) is 15.7. The second-order valence-electron chi connectivity index (χ2n) is 7.22. The van der Waals surface area contributed by atoms with Crippen LogP contribution in [-0.4, -0.2) is 36.4 Å². The molecular formula is C26H26N2O3S. The smallest absolute Gasteiger partial charge is 0.182 e. The predicted molar refractivity (Wildman–Crippen MR) is 132 cm³/mol. The minimum atomic E-state index is 0.0106. The average Bonchev–Trinajstić information content (AvgIpc) is 2.85. The van der Waals surface area contributed by atoms with E-state index in [4.69, 9.17) is 14.5 Å². The van der Waals surface area contributed by atoms with Gasteiger partial charge >= 0.3 is 0 Å². The van der Waals surface area contributed by atoms with Crippen LogP contribution in [-0.2, 0) is 0 Å². The quantitative estimate of drug-likeness (QED) is 0.394. The van der Waals surface area contributed by atoms with E-state index in [1.807, 2.05) is 90.7 Å². The molecule has 4 rings (SSSR count). The van der Waals surface area contributed by atoms with Gasteiger partial charge in [0.2, 0.25) is 0 Å². The number of ketones is 1. The molecule has 0 N–H and O–H groups in total. The molecule has 0 atom stereocenters. The molecule has 0 spiro atoms. The Balaban J connectivity index is 1.54. The Hall–Kier alpha value is -3.25. The Morgan fingerprint density at radius 1 is 0.969 bits per heavy atom. The first-order valence-electron chi connectivity index (χ1n) is 10.8. The summed E-state index contributed by atoms with van der Waals surface area (Å²) in [6, 6.07) is 24.7. The molecule has 0 bridgehead atoms. The number of hydrogen-bond acceptors (Lipinski definition) is 6.